The zero-order valence-electron chi connectivity index (χ0n) is 15.1. The molecular weight excluding hydrogens is 258 g/mol. The smallest absolute Gasteiger partial charge is 0.0685 e. The summed E-state index contributed by atoms with van der Waals surface area (Å²) in [6, 6.07) is 0. The van der Waals surface area contributed by atoms with E-state index in [0.717, 1.165) is 19.1 Å². The van der Waals surface area contributed by atoms with Gasteiger partial charge in [0.1, 0.15) is 0 Å². The Hall–Kier alpha value is -0.0800. The van der Waals surface area contributed by atoms with Crippen molar-refractivity contribution in [2.24, 2.45) is 11.3 Å². The molecule has 2 aliphatic rings. The summed E-state index contributed by atoms with van der Waals surface area (Å²) in [6.45, 7) is 13.8. The van der Waals surface area contributed by atoms with Crippen molar-refractivity contribution in [2.75, 3.05) is 13.2 Å². The van der Waals surface area contributed by atoms with Gasteiger partial charge in [-0.2, -0.15) is 0 Å². The molecule has 1 saturated carbocycles. The van der Waals surface area contributed by atoms with E-state index in [1.165, 1.54) is 51.4 Å². The molecule has 1 heterocycles. The first-order valence-electron chi connectivity index (χ1n) is 9.12. The summed E-state index contributed by atoms with van der Waals surface area (Å²) in [6.07, 6.45) is 10.6. The first-order valence-corrected chi connectivity index (χ1v) is 9.12. The lowest BCUT2D eigenvalue weighted by molar-refractivity contribution is -0.134. The quantitative estimate of drug-likeness (QED) is 0.795. The Morgan fingerprint density at radius 2 is 1.71 bits per heavy atom. The van der Waals surface area contributed by atoms with Gasteiger partial charge in [0, 0.05) is 12.1 Å². The summed E-state index contributed by atoms with van der Waals surface area (Å²) < 4.78 is 6.27. The van der Waals surface area contributed by atoms with E-state index in [9.17, 15) is 0 Å². The summed E-state index contributed by atoms with van der Waals surface area (Å²) in [7, 11) is 0. The minimum absolute atomic E-state index is 0.232. The summed E-state index contributed by atoms with van der Waals surface area (Å²) in [5, 5.41) is 3.66. The van der Waals surface area contributed by atoms with Crippen LogP contribution in [0.5, 0.6) is 0 Å². The van der Waals surface area contributed by atoms with Gasteiger partial charge in [-0.15, -0.1) is 0 Å². The van der Waals surface area contributed by atoms with Crippen LogP contribution in [0.4, 0.5) is 0 Å². The number of rotatable bonds is 4. The predicted octanol–water partition coefficient (Wildman–Crippen LogP) is 4.92. The first-order chi connectivity index (χ1) is 9.73. The second kappa shape index (κ2) is 6.58. The van der Waals surface area contributed by atoms with Crippen molar-refractivity contribution in [1.82, 2.24) is 5.32 Å². The Kier molecular flexibility index (Phi) is 5.41. The summed E-state index contributed by atoms with van der Waals surface area (Å²) in [5.41, 5.74) is 0.902. The van der Waals surface area contributed by atoms with Gasteiger partial charge in [-0.05, 0) is 70.8 Å². The molecule has 1 spiro atoms. The van der Waals surface area contributed by atoms with Crippen LogP contribution < -0.4 is 5.32 Å². The predicted molar refractivity (Wildman–Crippen MR) is 90.6 cm³/mol. The van der Waals surface area contributed by atoms with Gasteiger partial charge in [0.15, 0.2) is 0 Å². The van der Waals surface area contributed by atoms with E-state index in [2.05, 4.69) is 39.9 Å². The molecule has 1 atom stereocenters. The Labute approximate surface area is 132 Å². The summed E-state index contributed by atoms with van der Waals surface area (Å²) in [5.74, 6) is 0.825. The highest BCUT2D eigenvalue weighted by molar-refractivity contribution is 4.94. The maximum absolute atomic E-state index is 6.27. The van der Waals surface area contributed by atoms with Crippen molar-refractivity contribution in [3.05, 3.63) is 0 Å². The fraction of sp³-hybridized carbons (Fsp3) is 1.00. The van der Waals surface area contributed by atoms with Crippen LogP contribution in [0.25, 0.3) is 0 Å². The van der Waals surface area contributed by atoms with E-state index >= 15 is 0 Å². The molecule has 1 aliphatic heterocycles. The fourth-order valence-corrected chi connectivity index (χ4v) is 4.20. The molecule has 0 bridgehead atoms. The van der Waals surface area contributed by atoms with Crippen molar-refractivity contribution >= 4 is 0 Å². The molecule has 2 rings (SSSR count). The molecule has 1 saturated heterocycles. The van der Waals surface area contributed by atoms with E-state index in [-0.39, 0.29) is 11.1 Å². The molecule has 1 aliphatic carbocycles. The lowest BCUT2D eigenvalue weighted by atomic mass is 9.66. The minimum atomic E-state index is 0.232. The topological polar surface area (TPSA) is 21.3 Å². The van der Waals surface area contributed by atoms with Crippen LogP contribution in [-0.2, 0) is 4.74 Å². The van der Waals surface area contributed by atoms with Crippen molar-refractivity contribution in [3.63, 3.8) is 0 Å². The monoisotopic (exact) mass is 295 g/mol. The molecule has 21 heavy (non-hydrogen) atoms. The Morgan fingerprint density at radius 3 is 2.33 bits per heavy atom. The van der Waals surface area contributed by atoms with Gasteiger partial charge < -0.3 is 10.1 Å². The van der Waals surface area contributed by atoms with Crippen LogP contribution in [-0.4, -0.2) is 24.3 Å². The van der Waals surface area contributed by atoms with Crippen LogP contribution in [0.1, 0.15) is 86.0 Å². The van der Waals surface area contributed by atoms with E-state index in [1.54, 1.807) is 0 Å². The van der Waals surface area contributed by atoms with Gasteiger partial charge in [-0.3, -0.25) is 0 Å². The van der Waals surface area contributed by atoms with Gasteiger partial charge in [0.05, 0.1) is 5.60 Å². The van der Waals surface area contributed by atoms with E-state index in [0.29, 0.717) is 5.41 Å². The van der Waals surface area contributed by atoms with Crippen LogP contribution in [0, 0.1) is 11.3 Å². The van der Waals surface area contributed by atoms with Gasteiger partial charge >= 0.3 is 0 Å². The Morgan fingerprint density at radius 1 is 1.05 bits per heavy atom. The molecule has 2 heteroatoms. The van der Waals surface area contributed by atoms with Crippen molar-refractivity contribution in [2.45, 2.75) is 97.1 Å². The Bertz CT molecular complexity index is 317. The third-order valence-corrected chi connectivity index (χ3v) is 5.79. The highest BCUT2D eigenvalue weighted by Crippen LogP contribution is 2.47. The van der Waals surface area contributed by atoms with Crippen molar-refractivity contribution in [3.8, 4) is 0 Å². The SMILES string of the molecule is CC(C)(C)NCCC(C)(C)C1CCOC2(CCCCC2)C1. The maximum Gasteiger partial charge on any atom is 0.0685 e. The average Bonchev–Trinajstić information content (AvgIpc) is 2.38. The highest BCUT2D eigenvalue weighted by atomic mass is 16.5. The van der Waals surface area contributed by atoms with Gasteiger partial charge in [0.2, 0.25) is 0 Å². The van der Waals surface area contributed by atoms with Gasteiger partial charge in [-0.1, -0.05) is 33.1 Å². The molecule has 2 fully saturated rings. The summed E-state index contributed by atoms with van der Waals surface area (Å²) >= 11 is 0. The maximum atomic E-state index is 6.27. The van der Waals surface area contributed by atoms with E-state index in [4.69, 9.17) is 4.74 Å². The molecule has 0 aromatic carbocycles. The molecule has 1 N–H and O–H groups in total. The first kappa shape index (κ1) is 17.3. The van der Waals surface area contributed by atoms with Crippen LogP contribution in [0.3, 0.4) is 0 Å². The minimum Gasteiger partial charge on any atom is -0.375 e. The molecular formula is C19H37NO. The molecule has 0 radical (unpaired) electrons. The molecule has 0 aromatic heterocycles. The molecule has 0 aromatic rings. The lowest BCUT2D eigenvalue weighted by Gasteiger charge is -2.48. The second-order valence-electron chi connectivity index (χ2n) is 9.20. The standard InChI is InChI=1S/C19H37NO/c1-17(2,3)20-13-12-18(4,5)16-9-14-21-19(15-16)10-7-6-8-11-19/h16,20H,6-15H2,1-5H3. The third-order valence-electron chi connectivity index (χ3n) is 5.79. The second-order valence-corrected chi connectivity index (χ2v) is 9.20. The van der Waals surface area contributed by atoms with E-state index < -0.39 is 0 Å². The summed E-state index contributed by atoms with van der Waals surface area (Å²) in [4.78, 5) is 0. The van der Waals surface area contributed by atoms with Crippen LogP contribution >= 0.6 is 0 Å². The zero-order chi connectivity index (χ0) is 15.6. The number of ether oxygens (including phenoxy) is 1. The molecule has 124 valence electrons. The molecule has 1 unspecified atom stereocenters. The zero-order valence-corrected chi connectivity index (χ0v) is 15.1. The van der Waals surface area contributed by atoms with Crippen molar-refractivity contribution in [1.29, 1.82) is 0 Å². The largest absolute Gasteiger partial charge is 0.375 e. The van der Waals surface area contributed by atoms with Crippen LogP contribution in [0.15, 0.2) is 0 Å². The highest BCUT2D eigenvalue weighted by Gasteiger charge is 2.43. The van der Waals surface area contributed by atoms with Gasteiger partial charge in [0.25, 0.3) is 0 Å². The van der Waals surface area contributed by atoms with E-state index in [1.807, 2.05) is 0 Å². The fourth-order valence-electron chi connectivity index (χ4n) is 4.20. The molecule has 2 nitrogen and oxygen atoms in total. The van der Waals surface area contributed by atoms with Crippen molar-refractivity contribution < 1.29 is 4.74 Å². The molecule has 0 amide bonds. The van der Waals surface area contributed by atoms with Gasteiger partial charge in [-0.25, -0.2) is 0 Å². The average molecular weight is 296 g/mol. The Balaban J connectivity index is 1.89. The number of nitrogens with one attached hydrogen (secondary N) is 1. The van der Waals surface area contributed by atoms with Crippen LogP contribution in [0.2, 0.25) is 0 Å². The number of hydrogen-bond acceptors (Lipinski definition) is 2. The number of hydrogen-bond donors (Lipinski definition) is 1. The normalized spacial score (nSPS) is 27.0. The third kappa shape index (κ3) is 4.96. The lowest BCUT2D eigenvalue weighted by Crippen LogP contribution is -2.46.